The maximum atomic E-state index is 9.27. The minimum absolute atomic E-state index is 0.410. The molecule has 0 atom stereocenters. The summed E-state index contributed by atoms with van der Waals surface area (Å²) in [6.45, 7) is 1.60. The average Bonchev–Trinajstić information content (AvgIpc) is 3.15. The maximum Gasteiger partial charge on any atom is 0.167 e. The molecule has 0 unspecified atom stereocenters. The van der Waals surface area contributed by atoms with Gasteiger partial charge in [0.15, 0.2) is 5.01 Å². The fraction of sp³-hybridized carbons (Fsp3) is 0.250. The molecule has 0 saturated carbocycles. The number of nitrogens with zero attached hydrogens (tertiary/aromatic N) is 3. The Morgan fingerprint density at radius 3 is 2.88 bits per heavy atom. The van der Waals surface area contributed by atoms with Crippen molar-refractivity contribution in [3.8, 4) is 28.4 Å². The third kappa shape index (κ3) is 3.39. The van der Waals surface area contributed by atoms with Gasteiger partial charge in [0.05, 0.1) is 10.4 Å². The van der Waals surface area contributed by atoms with Crippen LogP contribution in [0.4, 0.5) is 0 Å². The number of hydrogen-bond acceptors (Lipinski definition) is 5. The van der Waals surface area contributed by atoms with Crippen LogP contribution in [0.2, 0.25) is 0 Å². The second-order valence-electron chi connectivity index (χ2n) is 5.92. The normalized spacial score (nSPS) is 14.7. The van der Waals surface area contributed by atoms with E-state index in [0.717, 1.165) is 52.3 Å². The predicted octanol–water partition coefficient (Wildman–Crippen LogP) is 4.01. The fourth-order valence-electron chi connectivity index (χ4n) is 2.88. The summed E-state index contributed by atoms with van der Waals surface area (Å²) in [6.07, 6.45) is 7.23. The summed E-state index contributed by atoms with van der Waals surface area (Å²) in [5.41, 5.74) is 1.63. The van der Waals surface area contributed by atoms with Gasteiger partial charge in [0.2, 0.25) is 0 Å². The zero-order chi connectivity index (χ0) is 17.1. The van der Waals surface area contributed by atoms with E-state index in [0.29, 0.717) is 11.5 Å². The lowest BCUT2D eigenvalue weighted by Crippen LogP contribution is -2.13. The molecule has 3 aromatic rings. The Kier molecular flexibility index (Phi) is 4.43. The second kappa shape index (κ2) is 7.03. The van der Waals surface area contributed by atoms with Crippen LogP contribution in [0.3, 0.4) is 0 Å². The molecule has 4 nitrogen and oxygen atoms in total. The third-order valence-corrected chi connectivity index (χ3v) is 5.24. The van der Waals surface area contributed by atoms with Crippen LogP contribution < -0.4 is 0 Å². The lowest BCUT2D eigenvalue weighted by Gasteiger charge is -2.16. The molecule has 1 aromatic carbocycles. The summed E-state index contributed by atoms with van der Waals surface area (Å²) in [5.74, 6) is 6.93. The molecule has 1 fully saturated rings. The molecule has 2 aromatic heterocycles. The first-order chi connectivity index (χ1) is 12.3. The van der Waals surface area contributed by atoms with Crippen LogP contribution in [0.25, 0.3) is 21.2 Å². The molecule has 0 spiro atoms. The monoisotopic (exact) mass is 345 g/mol. The Morgan fingerprint density at radius 2 is 2.04 bits per heavy atom. The molecule has 1 aliphatic heterocycles. The summed E-state index contributed by atoms with van der Waals surface area (Å²) < 4.78 is 5.36. The van der Waals surface area contributed by atoms with Crippen molar-refractivity contribution in [3.05, 3.63) is 47.4 Å². The van der Waals surface area contributed by atoms with Gasteiger partial charge >= 0.3 is 0 Å². The molecule has 0 bridgehead atoms. The quantitative estimate of drug-likeness (QED) is 0.625. The van der Waals surface area contributed by atoms with E-state index in [-0.39, 0.29) is 0 Å². The van der Waals surface area contributed by atoms with E-state index in [1.807, 2.05) is 24.4 Å². The number of fused-ring (bicyclic) bond motifs is 1. The van der Waals surface area contributed by atoms with Crippen molar-refractivity contribution < 1.29 is 4.74 Å². The van der Waals surface area contributed by atoms with Crippen molar-refractivity contribution in [2.75, 3.05) is 13.2 Å². The van der Waals surface area contributed by atoms with E-state index in [1.54, 1.807) is 23.7 Å². The lowest BCUT2D eigenvalue weighted by atomic mass is 10.0. The minimum Gasteiger partial charge on any atom is -0.381 e. The zero-order valence-corrected chi connectivity index (χ0v) is 14.3. The fourth-order valence-corrected chi connectivity index (χ4v) is 3.65. The Bertz CT molecular complexity index is 1020. The molecule has 0 N–H and O–H groups in total. The number of pyridine rings is 1. The molecule has 0 amide bonds. The van der Waals surface area contributed by atoms with Gasteiger partial charge in [0.1, 0.15) is 6.07 Å². The molecule has 4 rings (SSSR count). The molecule has 1 saturated heterocycles. The van der Waals surface area contributed by atoms with Gasteiger partial charge in [-0.25, -0.2) is 4.98 Å². The highest BCUT2D eigenvalue weighted by Crippen LogP contribution is 2.29. The highest BCUT2D eigenvalue weighted by Gasteiger charge is 2.11. The SMILES string of the molecule is N#Cc1cncc2ccc(-c3cnc(C#CC4CCOCC4)s3)cc12. The van der Waals surface area contributed by atoms with Gasteiger partial charge in [-0.05, 0) is 30.4 Å². The molecule has 0 radical (unpaired) electrons. The summed E-state index contributed by atoms with van der Waals surface area (Å²) in [7, 11) is 0. The molecule has 0 aliphatic carbocycles. The summed E-state index contributed by atoms with van der Waals surface area (Å²) >= 11 is 1.58. The van der Waals surface area contributed by atoms with Crippen LogP contribution in [0.1, 0.15) is 23.4 Å². The van der Waals surface area contributed by atoms with E-state index >= 15 is 0 Å². The number of rotatable bonds is 1. The maximum absolute atomic E-state index is 9.27. The highest BCUT2D eigenvalue weighted by molar-refractivity contribution is 7.15. The van der Waals surface area contributed by atoms with Crippen LogP contribution in [-0.2, 0) is 4.74 Å². The first-order valence-corrected chi connectivity index (χ1v) is 8.98. The first kappa shape index (κ1) is 15.8. The third-order valence-electron chi connectivity index (χ3n) is 4.28. The van der Waals surface area contributed by atoms with Gasteiger partial charge < -0.3 is 4.74 Å². The van der Waals surface area contributed by atoms with Gasteiger partial charge in [-0.2, -0.15) is 5.26 Å². The van der Waals surface area contributed by atoms with Gasteiger partial charge in [-0.15, -0.1) is 11.3 Å². The Balaban J connectivity index is 1.63. The van der Waals surface area contributed by atoms with Crippen molar-refractivity contribution >= 4 is 22.1 Å². The van der Waals surface area contributed by atoms with E-state index in [2.05, 4.69) is 27.9 Å². The number of nitriles is 1. The molecule has 5 heteroatoms. The van der Waals surface area contributed by atoms with Gasteiger partial charge in [0, 0.05) is 48.5 Å². The molecule has 25 heavy (non-hydrogen) atoms. The topological polar surface area (TPSA) is 58.8 Å². The Morgan fingerprint density at radius 1 is 1.16 bits per heavy atom. The molecule has 1 aliphatic rings. The van der Waals surface area contributed by atoms with Crippen molar-refractivity contribution in [1.82, 2.24) is 9.97 Å². The Labute approximate surface area is 150 Å². The van der Waals surface area contributed by atoms with Crippen LogP contribution in [0.15, 0.2) is 36.8 Å². The van der Waals surface area contributed by atoms with Gasteiger partial charge in [0.25, 0.3) is 0 Å². The number of benzene rings is 1. The van der Waals surface area contributed by atoms with E-state index in [1.165, 1.54) is 0 Å². The van der Waals surface area contributed by atoms with Crippen LogP contribution in [0, 0.1) is 29.1 Å². The standard InChI is InChI=1S/C20H15N3OS/c21-10-17-12-22-11-16-3-2-15(9-18(16)17)19-13-23-20(25-19)4-1-14-5-7-24-8-6-14/h2-3,9,11-14H,5-8H2. The van der Waals surface area contributed by atoms with Crippen molar-refractivity contribution in [3.63, 3.8) is 0 Å². The number of aromatic nitrogens is 2. The van der Waals surface area contributed by atoms with Crippen LogP contribution in [0.5, 0.6) is 0 Å². The van der Waals surface area contributed by atoms with E-state index in [4.69, 9.17) is 4.74 Å². The molecule has 3 heterocycles. The Hall–Kier alpha value is -2.73. The molecule has 122 valence electrons. The van der Waals surface area contributed by atoms with Crippen molar-refractivity contribution in [2.24, 2.45) is 5.92 Å². The zero-order valence-electron chi connectivity index (χ0n) is 13.5. The van der Waals surface area contributed by atoms with Crippen LogP contribution >= 0.6 is 11.3 Å². The van der Waals surface area contributed by atoms with Crippen molar-refractivity contribution in [1.29, 1.82) is 5.26 Å². The van der Waals surface area contributed by atoms with Gasteiger partial charge in [-0.1, -0.05) is 18.1 Å². The number of ether oxygens (including phenoxy) is 1. The molecular weight excluding hydrogens is 330 g/mol. The predicted molar refractivity (Wildman–Crippen MR) is 98.0 cm³/mol. The first-order valence-electron chi connectivity index (χ1n) is 8.17. The summed E-state index contributed by atoms with van der Waals surface area (Å²) in [6, 6.07) is 8.26. The largest absolute Gasteiger partial charge is 0.381 e. The number of thiazole rings is 1. The van der Waals surface area contributed by atoms with Crippen LogP contribution in [-0.4, -0.2) is 23.2 Å². The highest BCUT2D eigenvalue weighted by atomic mass is 32.1. The minimum atomic E-state index is 0.410. The second-order valence-corrected chi connectivity index (χ2v) is 6.95. The smallest absolute Gasteiger partial charge is 0.167 e. The van der Waals surface area contributed by atoms with Crippen molar-refractivity contribution in [2.45, 2.75) is 12.8 Å². The lowest BCUT2D eigenvalue weighted by molar-refractivity contribution is 0.0807. The van der Waals surface area contributed by atoms with E-state index in [9.17, 15) is 5.26 Å². The average molecular weight is 345 g/mol. The number of hydrogen-bond donors (Lipinski definition) is 0. The summed E-state index contributed by atoms with van der Waals surface area (Å²) in [4.78, 5) is 9.59. The van der Waals surface area contributed by atoms with E-state index < -0.39 is 0 Å². The summed E-state index contributed by atoms with van der Waals surface area (Å²) in [5, 5.41) is 12.0. The molecular formula is C20H15N3OS. The van der Waals surface area contributed by atoms with Gasteiger partial charge in [-0.3, -0.25) is 4.98 Å².